The summed E-state index contributed by atoms with van der Waals surface area (Å²) in [5.41, 5.74) is -1.15. The first-order valence-corrected chi connectivity index (χ1v) is 5.39. The second-order valence-electron chi connectivity index (χ2n) is 5.07. The van der Waals surface area contributed by atoms with E-state index in [-0.39, 0.29) is 17.8 Å². The summed E-state index contributed by atoms with van der Waals surface area (Å²) in [5.74, 6) is -1.09. The highest BCUT2D eigenvalue weighted by molar-refractivity contribution is 5.67. The molecule has 0 aromatic heterocycles. The van der Waals surface area contributed by atoms with E-state index in [4.69, 9.17) is 5.11 Å². The van der Waals surface area contributed by atoms with Crippen molar-refractivity contribution in [3.8, 4) is 0 Å². The summed E-state index contributed by atoms with van der Waals surface area (Å²) in [7, 11) is 0. The molecule has 0 spiro atoms. The maximum atomic E-state index is 10.8. The number of allylic oxidation sites excluding steroid dienone is 1. The minimum Gasteiger partial charge on any atom is -0.481 e. The Hall–Kier alpha value is -0.830. The third-order valence-corrected chi connectivity index (χ3v) is 3.79. The van der Waals surface area contributed by atoms with Gasteiger partial charge in [-0.05, 0) is 31.6 Å². The van der Waals surface area contributed by atoms with Gasteiger partial charge < -0.3 is 10.2 Å². The molecule has 15 heavy (non-hydrogen) atoms. The van der Waals surface area contributed by atoms with Crippen molar-refractivity contribution in [2.24, 2.45) is 11.3 Å². The number of aliphatic carboxylic acids is 1. The Kier molecular flexibility index (Phi) is 3.24. The molecule has 3 atom stereocenters. The lowest BCUT2D eigenvalue weighted by atomic mass is 9.60. The van der Waals surface area contributed by atoms with Crippen LogP contribution in [0.15, 0.2) is 12.7 Å². The second kappa shape index (κ2) is 3.97. The third kappa shape index (κ3) is 2.40. The quantitative estimate of drug-likeness (QED) is 0.705. The number of aliphatic hydroxyl groups is 1. The topological polar surface area (TPSA) is 57.5 Å². The van der Waals surface area contributed by atoms with E-state index in [9.17, 15) is 9.90 Å². The molecule has 1 aliphatic rings. The van der Waals surface area contributed by atoms with E-state index in [1.807, 2.05) is 6.92 Å². The maximum Gasteiger partial charge on any atom is 0.303 e. The first-order chi connectivity index (χ1) is 6.82. The van der Waals surface area contributed by atoms with Crippen molar-refractivity contribution in [2.45, 2.75) is 45.1 Å². The zero-order chi connectivity index (χ0) is 11.7. The Balaban J connectivity index is 2.97. The van der Waals surface area contributed by atoms with Gasteiger partial charge in [-0.15, -0.1) is 6.58 Å². The van der Waals surface area contributed by atoms with Crippen LogP contribution >= 0.6 is 0 Å². The lowest BCUT2D eigenvalue weighted by molar-refractivity contribution is -0.146. The van der Waals surface area contributed by atoms with Gasteiger partial charge in [-0.2, -0.15) is 0 Å². The van der Waals surface area contributed by atoms with Gasteiger partial charge in [-0.1, -0.05) is 13.0 Å². The van der Waals surface area contributed by atoms with Crippen molar-refractivity contribution in [1.29, 1.82) is 0 Å². The van der Waals surface area contributed by atoms with Gasteiger partial charge in [0.25, 0.3) is 0 Å². The van der Waals surface area contributed by atoms with Crippen LogP contribution in [0.5, 0.6) is 0 Å². The molecule has 1 rings (SSSR count). The highest BCUT2D eigenvalue weighted by Crippen LogP contribution is 2.48. The zero-order valence-electron chi connectivity index (χ0n) is 9.49. The number of carboxylic acids is 1. The molecule has 0 radical (unpaired) electrons. The van der Waals surface area contributed by atoms with E-state index in [0.29, 0.717) is 6.42 Å². The summed E-state index contributed by atoms with van der Waals surface area (Å²) in [5, 5.41) is 19.1. The minimum absolute atomic E-state index is 0.00944. The Morgan fingerprint density at radius 3 is 2.60 bits per heavy atom. The monoisotopic (exact) mass is 212 g/mol. The third-order valence-electron chi connectivity index (χ3n) is 3.79. The first-order valence-electron chi connectivity index (χ1n) is 5.39. The lowest BCUT2D eigenvalue weighted by Crippen LogP contribution is -2.48. The molecule has 0 saturated heterocycles. The highest BCUT2D eigenvalue weighted by atomic mass is 16.4. The van der Waals surface area contributed by atoms with Gasteiger partial charge in [0.2, 0.25) is 0 Å². The van der Waals surface area contributed by atoms with E-state index < -0.39 is 11.6 Å². The van der Waals surface area contributed by atoms with E-state index in [2.05, 4.69) is 6.58 Å². The van der Waals surface area contributed by atoms with E-state index in [1.54, 1.807) is 13.0 Å². The lowest BCUT2D eigenvalue weighted by Gasteiger charge is -2.47. The molecule has 1 unspecified atom stereocenters. The van der Waals surface area contributed by atoms with E-state index >= 15 is 0 Å². The fraction of sp³-hybridized carbons (Fsp3) is 0.750. The molecule has 86 valence electrons. The molecule has 3 heteroatoms. The summed E-state index contributed by atoms with van der Waals surface area (Å²) < 4.78 is 0. The molecule has 1 aliphatic carbocycles. The molecule has 1 fully saturated rings. The first kappa shape index (κ1) is 12.2. The molecule has 0 bridgehead atoms. The van der Waals surface area contributed by atoms with Gasteiger partial charge >= 0.3 is 5.97 Å². The van der Waals surface area contributed by atoms with Crippen molar-refractivity contribution in [1.82, 2.24) is 0 Å². The van der Waals surface area contributed by atoms with Crippen molar-refractivity contribution < 1.29 is 15.0 Å². The van der Waals surface area contributed by atoms with Gasteiger partial charge in [0.15, 0.2) is 0 Å². The van der Waals surface area contributed by atoms with Gasteiger partial charge in [0, 0.05) is 5.92 Å². The largest absolute Gasteiger partial charge is 0.481 e. The van der Waals surface area contributed by atoms with E-state index in [0.717, 1.165) is 12.8 Å². The second-order valence-corrected chi connectivity index (χ2v) is 5.07. The summed E-state index contributed by atoms with van der Waals surface area (Å²) >= 11 is 0. The summed E-state index contributed by atoms with van der Waals surface area (Å²) in [6.07, 6.45) is 4.31. The molecular weight excluding hydrogens is 192 g/mol. The van der Waals surface area contributed by atoms with Gasteiger partial charge in [0.1, 0.15) is 0 Å². The fourth-order valence-electron chi connectivity index (χ4n) is 2.76. The predicted molar refractivity (Wildman–Crippen MR) is 58.5 cm³/mol. The molecule has 0 heterocycles. The molecule has 0 aliphatic heterocycles. The normalized spacial score (nSPS) is 41.1. The van der Waals surface area contributed by atoms with Gasteiger partial charge in [-0.25, -0.2) is 0 Å². The van der Waals surface area contributed by atoms with Gasteiger partial charge in [0.05, 0.1) is 12.0 Å². The SMILES string of the molecule is C=C[C@@]1(C)CCC[C@](C)(O)C1CC(=O)O. The van der Waals surface area contributed by atoms with Crippen LogP contribution in [0.25, 0.3) is 0 Å². The van der Waals surface area contributed by atoms with Crippen molar-refractivity contribution >= 4 is 5.97 Å². The number of hydrogen-bond donors (Lipinski definition) is 2. The number of carbonyl (C=O) groups is 1. The number of carboxylic acid groups (broad SMARTS) is 1. The van der Waals surface area contributed by atoms with Crippen LogP contribution in [0, 0.1) is 11.3 Å². The van der Waals surface area contributed by atoms with Crippen LogP contribution < -0.4 is 0 Å². The summed E-state index contributed by atoms with van der Waals surface area (Å²) in [6.45, 7) is 7.50. The van der Waals surface area contributed by atoms with Crippen LogP contribution in [-0.2, 0) is 4.79 Å². The van der Waals surface area contributed by atoms with Crippen molar-refractivity contribution in [2.75, 3.05) is 0 Å². The predicted octanol–water partition coefficient (Wildman–Crippen LogP) is 2.20. The molecule has 1 saturated carbocycles. The van der Waals surface area contributed by atoms with Crippen LogP contribution in [0.4, 0.5) is 0 Å². The van der Waals surface area contributed by atoms with Crippen LogP contribution in [0.1, 0.15) is 39.5 Å². The average Bonchev–Trinajstić information content (AvgIpc) is 2.11. The van der Waals surface area contributed by atoms with E-state index in [1.165, 1.54) is 0 Å². The molecule has 0 amide bonds. The summed E-state index contributed by atoms with van der Waals surface area (Å²) in [4.78, 5) is 10.8. The highest BCUT2D eigenvalue weighted by Gasteiger charge is 2.47. The Morgan fingerprint density at radius 2 is 2.13 bits per heavy atom. The minimum atomic E-state index is -0.889. The summed E-state index contributed by atoms with van der Waals surface area (Å²) in [6, 6.07) is 0. The average molecular weight is 212 g/mol. The molecule has 0 aromatic rings. The maximum absolute atomic E-state index is 10.8. The van der Waals surface area contributed by atoms with Crippen LogP contribution in [0.2, 0.25) is 0 Å². The fourth-order valence-corrected chi connectivity index (χ4v) is 2.76. The number of hydrogen-bond acceptors (Lipinski definition) is 2. The van der Waals surface area contributed by atoms with Crippen molar-refractivity contribution in [3.05, 3.63) is 12.7 Å². The standard InChI is InChI=1S/C12H20O3/c1-4-11(2)6-5-7-12(3,15)9(11)8-10(13)14/h4,9,15H,1,5-8H2,2-3H3,(H,13,14)/t9?,11-,12-/m0/s1. The Labute approximate surface area is 90.8 Å². The van der Waals surface area contributed by atoms with Crippen LogP contribution in [-0.4, -0.2) is 21.8 Å². The molecule has 2 N–H and O–H groups in total. The molecule has 3 nitrogen and oxygen atoms in total. The van der Waals surface area contributed by atoms with Gasteiger partial charge in [-0.3, -0.25) is 4.79 Å². The molecular formula is C12H20O3. The van der Waals surface area contributed by atoms with Crippen molar-refractivity contribution in [3.63, 3.8) is 0 Å². The molecule has 0 aromatic carbocycles. The number of rotatable bonds is 3. The Bertz CT molecular complexity index is 270. The van der Waals surface area contributed by atoms with Crippen LogP contribution in [0.3, 0.4) is 0 Å². The Morgan fingerprint density at radius 1 is 1.53 bits per heavy atom. The zero-order valence-corrected chi connectivity index (χ0v) is 9.49. The smallest absolute Gasteiger partial charge is 0.303 e.